The van der Waals surface area contributed by atoms with Crippen LogP contribution in [-0.4, -0.2) is 10.5 Å². The number of carbonyl (C=O) groups is 1. The Kier molecular flexibility index (Phi) is 4.66. The van der Waals surface area contributed by atoms with E-state index in [1.807, 2.05) is 42.5 Å². The molecule has 4 rings (SSSR count). The van der Waals surface area contributed by atoms with E-state index in [0.29, 0.717) is 5.56 Å². The molecule has 0 saturated carbocycles. The Balaban J connectivity index is 1.85. The zero-order chi connectivity index (χ0) is 19.0. The number of rotatable bonds is 3. The van der Waals surface area contributed by atoms with Gasteiger partial charge in [-0.3, -0.25) is 4.79 Å². The zero-order valence-corrected chi connectivity index (χ0v) is 16.6. The Morgan fingerprint density at radius 2 is 1.74 bits per heavy atom. The van der Waals surface area contributed by atoms with E-state index in [-0.39, 0.29) is 5.91 Å². The molecule has 0 unspecified atom stereocenters. The predicted octanol–water partition coefficient (Wildman–Crippen LogP) is 5.62. The van der Waals surface area contributed by atoms with Crippen LogP contribution in [0.5, 0.6) is 0 Å². The molecular weight excluding hydrogens is 352 g/mol. The highest BCUT2D eigenvalue weighted by molar-refractivity contribution is 7.16. The number of amides is 1. The van der Waals surface area contributed by atoms with Gasteiger partial charge in [0.2, 0.25) is 0 Å². The van der Waals surface area contributed by atoms with Crippen LogP contribution in [0.15, 0.2) is 59.6 Å². The smallest absolute Gasteiger partial charge is 0.279 e. The first-order valence-electron chi connectivity index (χ1n) is 9.25. The highest BCUT2D eigenvalue weighted by Gasteiger charge is 2.10. The topological polar surface area (TPSA) is 34.4 Å². The van der Waals surface area contributed by atoms with Crippen LogP contribution in [0.2, 0.25) is 0 Å². The molecule has 0 radical (unpaired) electrons. The Bertz CT molecular complexity index is 1230. The number of thiazole rings is 1. The summed E-state index contributed by atoms with van der Waals surface area (Å²) in [5.74, 6) is -0.189. The van der Waals surface area contributed by atoms with E-state index in [2.05, 4.69) is 42.5 Å². The zero-order valence-electron chi connectivity index (χ0n) is 15.8. The number of aryl methyl sites for hydroxylation is 3. The van der Waals surface area contributed by atoms with Crippen molar-refractivity contribution in [3.05, 3.63) is 76.1 Å². The van der Waals surface area contributed by atoms with Gasteiger partial charge in [0.25, 0.3) is 5.91 Å². The Labute approximate surface area is 162 Å². The Hall–Kier alpha value is -2.72. The molecule has 27 heavy (non-hydrogen) atoms. The van der Waals surface area contributed by atoms with Gasteiger partial charge in [0.15, 0.2) is 4.80 Å². The normalized spacial score (nSPS) is 12.2. The van der Waals surface area contributed by atoms with Crippen molar-refractivity contribution in [2.75, 3.05) is 0 Å². The van der Waals surface area contributed by atoms with Gasteiger partial charge in [-0.25, -0.2) is 0 Å². The largest absolute Gasteiger partial charge is 0.316 e. The lowest BCUT2D eigenvalue weighted by atomic mass is 10.1. The molecule has 1 aromatic heterocycles. The lowest BCUT2D eigenvalue weighted by molar-refractivity contribution is 0.0998. The van der Waals surface area contributed by atoms with Gasteiger partial charge in [0.05, 0.1) is 10.2 Å². The first-order chi connectivity index (χ1) is 13.1. The molecule has 3 nitrogen and oxygen atoms in total. The second-order valence-electron chi connectivity index (χ2n) is 6.92. The molecule has 0 saturated heterocycles. The maximum absolute atomic E-state index is 12.9. The van der Waals surface area contributed by atoms with Crippen LogP contribution in [0.25, 0.3) is 21.0 Å². The minimum atomic E-state index is -0.189. The number of carbonyl (C=O) groups excluding carboxylic acids is 1. The third kappa shape index (κ3) is 3.33. The lowest BCUT2D eigenvalue weighted by Gasteiger charge is -2.05. The van der Waals surface area contributed by atoms with Gasteiger partial charge in [-0.15, -0.1) is 0 Å². The summed E-state index contributed by atoms with van der Waals surface area (Å²) < 4.78 is 3.35. The van der Waals surface area contributed by atoms with E-state index < -0.39 is 0 Å². The molecule has 1 heterocycles. The molecule has 0 spiro atoms. The van der Waals surface area contributed by atoms with Gasteiger partial charge in [-0.05, 0) is 66.4 Å². The van der Waals surface area contributed by atoms with Crippen molar-refractivity contribution < 1.29 is 4.79 Å². The fourth-order valence-electron chi connectivity index (χ4n) is 3.32. The highest BCUT2D eigenvalue weighted by Crippen LogP contribution is 2.22. The van der Waals surface area contributed by atoms with Crippen LogP contribution in [0.1, 0.15) is 34.8 Å². The summed E-state index contributed by atoms with van der Waals surface area (Å²) in [6.07, 6.45) is 0.996. The van der Waals surface area contributed by atoms with E-state index >= 15 is 0 Å². The molecular formula is C23H22N2OS. The van der Waals surface area contributed by atoms with Crippen molar-refractivity contribution in [3.63, 3.8) is 0 Å². The number of aromatic nitrogens is 1. The molecule has 0 atom stereocenters. The highest BCUT2D eigenvalue weighted by atomic mass is 32.1. The summed E-state index contributed by atoms with van der Waals surface area (Å²) in [4.78, 5) is 18.1. The van der Waals surface area contributed by atoms with E-state index in [0.717, 1.165) is 34.1 Å². The van der Waals surface area contributed by atoms with Crippen molar-refractivity contribution in [3.8, 4) is 0 Å². The molecule has 1 amide bonds. The lowest BCUT2D eigenvalue weighted by Crippen LogP contribution is -2.17. The summed E-state index contributed by atoms with van der Waals surface area (Å²) >= 11 is 1.59. The number of hydrogen-bond acceptors (Lipinski definition) is 2. The molecule has 0 aliphatic heterocycles. The van der Waals surface area contributed by atoms with Crippen molar-refractivity contribution >= 4 is 38.2 Å². The monoisotopic (exact) mass is 374 g/mol. The standard InChI is InChI=1S/C23H22N2OS/c1-4-11-25-20-12-15(2)16(3)13-21(20)27-23(25)24-22(26)19-10-9-17-7-5-6-8-18(17)14-19/h5-10,12-14H,4,11H2,1-3H3. The van der Waals surface area contributed by atoms with Gasteiger partial charge in [0, 0.05) is 12.1 Å². The van der Waals surface area contributed by atoms with E-state index in [1.165, 1.54) is 15.8 Å². The molecule has 0 aliphatic carbocycles. The van der Waals surface area contributed by atoms with Crippen LogP contribution < -0.4 is 4.80 Å². The molecule has 3 aromatic carbocycles. The van der Waals surface area contributed by atoms with Crippen LogP contribution >= 0.6 is 11.3 Å². The number of fused-ring (bicyclic) bond motifs is 2. The Morgan fingerprint density at radius 1 is 1.00 bits per heavy atom. The van der Waals surface area contributed by atoms with Gasteiger partial charge >= 0.3 is 0 Å². The molecule has 4 aromatic rings. The summed E-state index contributed by atoms with van der Waals surface area (Å²) in [6, 6.07) is 18.2. The summed E-state index contributed by atoms with van der Waals surface area (Å²) in [7, 11) is 0. The summed E-state index contributed by atoms with van der Waals surface area (Å²) in [6.45, 7) is 7.24. The van der Waals surface area contributed by atoms with Crippen molar-refractivity contribution in [2.45, 2.75) is 33.7 Å². The second-order valence-corrected chi connectivity index (χ2v) is 7.93. The van der Waals surface area contributed by atoms with E-state index in [9.17, 15) is 4.79 Å². The SMILES string of the molecule is CCCn1c(=NC(=O)c2ccc3ccccc3c2)sc2cc(C)c(C)cc21. The van der Waals surface area contributed by atoms with Crippen LogP contribution in [-0.2, 0) is 6.54 Å². The first-order valence-corrected chi connectivity index (χ1v) is 10.1. The average molecular weight is 375 g/mol. The summed E-state index contributed by atoms with van der Waals surface area (Å²) in [5.41, 5.74) is 4.31. The van der Waals surface area contributed by atoms with Crippen LogP contribution in [0.3, 0.4) is 0 Å². The maximum Gasteiger partial charge on any atom is 0.279 e. The number of benzene rings is 3. The molecule has 4 heteroatoms. The third-order valence-corrected chi connectivity index (χ3v) is 5.98. The quantitative estimate of drug-likeness (QED) is 0.458. The van der Waals surface area contributed by atoms with Gasteiger partial charge in [-0.2, -0.15) is 4.99 Å². The van der Waals surface area contributed by atoms with Crippen molar-refractivity contribution in [1.82, 2.24) is 4.57 Å². The minimum absolute atomic E-state index is 0.189. The van der Waals surface area contributed by atoms with Crippen LogP contribution in [0, 0.1) is 13.8 Å². The number of nitrogens with zero attached hydrogens (tertiary/aromatic N) is 2. The molecule has 136 valence electrons. The third-order valence-electron chi connectivity index (χ3n) is 4.94. The van der Waals surface area contributed by atoms with Crippen molar-refractivity contribution in [2.24, 2.45) is 4.99 Å². The van der Waals surface area contributed by atoms with Gasteiger partial charge < -0.3 is 4.57 Å². The van der Waals surface area contributed by atoms with Crippen molar-refractivity contribution in [1.29, 1.82) is 0 Å². The molecule has 0 aliphatic rings. The van der Waals surface area contributed by atoms with E-state index in [4.69, 9.17) is 0 Å². The average Bonchev–Trinajstić information content (AvgIpc) is 2.98. The fraction of sp³-hybridized carbons (Fsp3) is 0.217. The van der Waals surface area contributed by atoms with E-state index in [1.54, 1.807) is 11.3 Å². The second kappa shape index (κ2) is 7.12. The van der Waals surface area contributed by atoms with Gasteiger partial charge in [0.1, 0.15) is 0 Å². The molecule has 0 bridgehead atoms. The predicted molar refractivity (Wildman–Crippen MR) is 113 cm³/mol. The fourth-order valence-corrected chi connectivity index (χ4v) is 4.45. The van der Waals surface area contributed by atoms with Gasteiger partial charge in [-0.1, -0.05) is 48.6 Å². The minimum Gasteiger partial charge on any atom is -0.316 e. The maximum atomic E-state index is 12.9. The van der Waals surface area contributed by atoms with Crippen LogP contribution in [0.4, 0.5) is 0 Å². The first kappa shape index (κ1) is 17.7. The summed E-state index contributed by atoms with van der Waals surface area (Å²) in [5, 5.41) is 2.19. The molecule has 0 fully saturated rings. The number of hydrogen-bond donors (Lipinski definition) is 0. The Morgan fingerprint density at radius 3 is 2.52 bits per heavy atom. The molecule has 0 N–H and O–H groups in total.